The van der Waals surface area contributed by atoms with Crippen LogP contribution >= 0.6 is 0 Å². The third-order valence-corrected chi connectivity index (χ3v) is 10.9. The summed E-state index contributed by atoms with van der Waals surface area (Å²) in [6.45, 7) is 9.46. The highest BCUT2D eigenvalue weighted by atomic mass is 32.2. The van der Waals surface area contributed by atoms with Gasteiger partial charge in [-0.3, -0.25) is 9.52 Å². The Hall–Kier alpha value is -3.36. The molecule has 2 aromatic rings. The highest BCUT2D eigenvalue weighted by Gasteiger charge is 2.32. The Labute approximate surface area is 284 Å². The van der Waals surface area contributed by atoms with Crippen LogP contribution in [-0.4, -0.2) is 98.1 Å². The molecule has 3 amide bonds. The van der Waals surface area contributed by atoms with E-state index in [0.717, 1.165) is 38.5 Å². The van der Waals surface area contributed by atoms with Gasteiger partial charge >= 0.3 is 6.03 Å². The van der Waals surface area contributed by atoms with Crippen LogP contribution in [0, 0.1) is 19.8 Å². The number of likely N-dealkylation sites (N-methyl/N-ethyl adjacent to an activating group) is 1. The van der Waals surface area contributed by atoms with Gasteiger partial charge in [0.1, 0.15) is 11.4 Å². The number of carbonyl (C=O) groups excluding carboxylic acids is 2. The number of sulfonamides is 1. The average molecular weight is 692 g/mol. The highest BCUT2D eigenvalue weighted by molar-refractivity contribution is 7.92. The van der Waals surface area contributed by atoms with Crippen LogP contribution in [0.15, 0.2) is 27.6 Å². The molecule has 1 saturated carbocycles. The van der Waals surface area contributed by atoms with E-state index >= 15 is 0 Å². The number of fused-ring (bicyclic) bond motifs is 1. The lowest BCUT2D eigenvalue weighted by Gasteiger charge is -2.36. The molecule has 48 heavy (non-hydrogen) atoms. The Balaban J connectivity index is 1.62. The summed E-state index contributed by atoms with van der Waals surface area (Å²) in [6, 6.07) is 4.08. The molecular weight excluding hydrogens is 638 g/mol. The molecule has 4 atom stereocenters. The maximum atomic E-state index is 14.4. The van der Waals surface area contributed by atoms with Crippen molar-refractivity contribution in [2.24, 2.45) is 5.92 Å². The number of carbonyl (C=O) groups is 2. The zero-order valence-corrected chi connectivity index (χ0v) is 30.0. The number of anilines is 1. The first-order valence-electron chi connectivity index (χ1n) is 17.1. The molecule has 0 saturated heterocycles. The minimum Gasteiger partial charge on any atom is -0.490 e. The summed E-state index contributed by atoms with van der Waals surface area (Å²) in [7, 11) is -2.32. The van der Waals surface area contributed by atoms with Gasteiger partial charge in [-0.1, -0.05) is 31.3 Å². The van der Waals surface area contributed by atoms with Crippen molar-refractivity contribution in [3.05, 3.63) is 35.2 Å². The van der Waals surface area contributed by atoms with Crippen molar-refractivity contribution in [1.82, 2.24) is 20.3 Å². The fourth-order valence-electron chi connectivity index (χ4n) is 6.40. The van der Waals surface area contributed by atoms with Gasteiger partial charge in [-0.25, -0.2) is 13.2 Å². The highest BCUT2D eigenvalue weighted by Crippen LogP contribution is 2.30. The van der Waals surface area contributed by atoms with Crippen LogP contribution in [0.25, 0.3) is 0 Å². The molecule has 0 radical (unpaired) electrons. The van der Waals surface area contributed by atoms with Crippen LogP contribution in [0.1, 0.15) is 93.9 Å². The smallest absolute Gasteiger partial charge is 0.317 e. The fourth-order valence-corrected chi connectivity index (χ4v) is 7.78. The van der Waals surface area contributed by atoms with Gasteiger partial charge in [-0.2, -0.15) is 0 Å². The number of nitrogens with zero attached hydrogens (tertiary/aromatic N) is 3. The average Bonchev–Trinajstić information content (AvgIpc) is 3.40. The Morgan fingerprint density at radius 1 is 1.12 bits per heavy atom. The normalized spacial score (nSPS) is 22.6. The Morgan fingerprint density at radius 2 is 1.83 bits per heavy atom. The first-order chi connectivity index (χ1) is 22.8. The predicted octanol–water partition coefficient (Wildman–Crippen LogP) is 4.86. The Kier molecular flexibility index (Phi) is 13.1. The van der Waals surface area contributed by atoms with Crippen LogP contribution in [-0.2, 0) is 14.8 Å². The zero-order chi connectivity index (χ0) is 35.0. The molecule has 2 heterocycles. The lowest BCUT2D eigenvalue weighted by molar-refractivity contribution is -0.0123. The number of hydrogen-bond donors (Lipinski definition) is 3. The van der Waals surface area contributed by atoms with Gasteiger partial charge in [0.05, 0.1) is 30.4 Å². The SMILES string of the molecule is Cc1noc(C)c1S(=O)(=O)Nc1ccc2c(c1)C(=O)N([C@H](C)CO)C[C@H](C)[C@H](CN(C)C(=O)NC1CCCCC1)OCCCC[C@H](C)O2. The molecule has 1 fully saturated rings. The molecule has 14 heteroatoms. The van der Waals surface area contributed by atoms with Crippen molar-refractivity contribution in [2.75, 3.05) is 38.1 Å². The van der Waals surface area contributed by atoms with E-state index in [4.69, 9.17) is 14.0 Å². The first kappa shape index (κ1) is 37.5. The second-order valence-corrected chi connectivity index (χ2v) is 15.1. The minimum atomic E-state index is -4.08. The van der Waals surface area contributed by atoms with Crippen LogP contribution in [0.5, 0.6) is 5.75 Å². The Morgan fingerprint density at radius 3 is 2.50 bits per heavy atom. The molecule has 1 aliphatic carbocycles. The van der Waals surface area contributed by atoms with Gasteiger partial charge in [0.2, 0.25) is 0 Å². The van der Waals surface area contributed by atoms with Crippen LogP contribution in [0.2, 0.25) is 0 Å². The quantitative estimate of drug-likeness (QED) is 0.351. The molecule has 13 nitrogen and oxygen atoms in total. The van der Waals surface area contributed by atoms with Crippen molar-refractivity contribution in [3.63, 3.8) is 0 Å². The fraction of sp³-hybridized carbons (Fsp3) is 0.676. The molecule has 1 aromatic heterocycles. The predicted molar refractivity (Wildman–Crippen MR) is 182 cm³/mol. The topological polar surface area (TPSA) is 164 Å². The maximum Gasteiger partial charge on any atom is 0.317 e. The molecule has 0 bridgehead atoms. The lowest BCUT2D eigenvalue weighted by Crippen LogP contribution is -2.50. The Bertz CT molecular complexity index is 1470. The van der Waals surface area contributed by atoms with Gasteiger partial charge in [-0.05, 0) is 78.0 Å². The van der Waals surface area contributed by atoms with Gasteiger partial charge in [-0.15, -0.1) is 0 Å². The summed E-state index contributed by atoms with van der Waals surface area (Å²) in [4.78, 5) is 30.7. The van der Waals surface area contributed by atoms with E-state index in [-0.39, 0.29) is 71.0 Å². The minimum absolute atomic E-state index is 0.0634. The number of rotatable bonds is 8. The van der Waals surface area contributed by atoms with Crippen LogP contribution in [0.4, 0.5) is 10.5 Å². The van der Waals surface area contributed by atoms with Crippen molar-refractivity contribution in [3.8, 4) is 5.75 Å². The number of hydrogen-bond acceptors (Lipinski definition) is 9. The monoisotopic (exact) mass is 691 g/mol. The molecule has 2 aliphatic rings. The van der Waals surface area contributed by atoms with Crippen molar-refractivity contribution in [2.45, 2.75) is 115 Å². The first-order valence-corrected chi connectivity index (χ1v) is 18.6. The maximum absolute atomic E-state index is 14.4. The third kappa shape index (κ3) is 9.63. The molecule has 4 rings (SSSR count). The van der Waals surface area contributed by atoms with Crippen molar-refractivity contribution in [1.29, 1.82) is 0 Å². The number of urea groups is 1. The number of nitrogens with one attached hydrogen (secondary N) is 2. The van der Waals surface area contributed by atoms with E-state index in [1.54, 1.807) is 42.8 Å². The number of ether oxygens (including phenoxy) is 2. The summed E-state index contributed by atoms with van der Waals surface area (Å²) in [6.07, 6.45) is 7.11. The van der Waals surface area contributed by atoms with E-state index in [1.807, 2.05) is 13.8 Å². The molecule has 1 aromatic carbocycles. The molecule has 0 unspecified atom stereocenters. The largest absolute Gasteiger partial charge is 0.490 e. The molecule has 268 valence electrons. The van der Waals surface area contributed by atoms with E-state index in [0.29, 0.717) is 25.3 Å². The number of amides is 3. The number of aryl methyl sites for hydroxylation is 2. The van der Waals surface area contributed by atoms with Gasteiger partial charge in [0.15, 0.2) is 10.7 Å². The second-order valence-electron chi connectivity index (χ2n) is 13.4. The van der Waals surface area contributed by atoms with Crippen molar-refractivity contribution < 1.29 is 37.1 Å². The summed E-state index contributed by atoms with van der Waals surface area (Å²) in [5.74, 6) is -0.180. The van der Waals surface area contributed by atoms with E-state index < -0.39 is 22.0 Å². The van der Waals surface area contributed by atoms with Gasteiger partial charge < -0.3 is 34.2 Å². The number of benzene rings is 1. The summed E-state index contributed by atoms with van der Waals surface area (Å²) < 4.78 is 46.9. The summed E-state index contributed by atoms with van der Waals surface area (Å²) in [5.41, 5.74) is 0.542. The molecule has 0 spiro atoms. The van der Waals surface area contributed by atoms with E-state index in [2.05, 4.69) is 15.2 Å². The number of aliphatic hydroxyl groups excluding tert-OH is 1. The number of aliphatic hydroxyl groups is 1. The van der Waals surface area contributed by atoms with Crippen LogP contribution < -0.4 is 14.8 Å². The number of aromatic nitrogens is 1. The van der Waals surface area contributed by atoms with E-state index in [9.17, 15) is 23.1 Å². The molecule has 3 N–H and O–H groups in total. The summed E-state index contributed by atoms with van der Waals surface area (Å²) in [5, 5.41) is 17.2. The third-order valence-electron chi connectivity index (χ3n) is 9.27. The van der Waals surface area contributed by atoms with E-state index in [1.165, 1.54) is 19.4 Å². The van der Waals surface area contributed by atoms with Gasteiger partial charge in [0.25, 0.3) is 15.9 Å². The zero-order valence-electron chi connectivity index (χ0n) is 29.2. The molecule has 1 aliphatic heterocycles. The van der Waals surface area contributed by atoms with Crippen LogP contribution in [0.3, 0.4) is 0 Å². The summed E-state index contributed by atoms with van der Waals surface area (Å²) >= 11 is 0. The molecular formula is C34H53N5O8S. The standard InChI is InChI=1S/C34H53N5O8S/c1-22-19-39(23(2)21-40)33(41)29-18-28(37-48(43,44)32-25(4)36-47-26(32)5)15-16-30(29)46-24(3)12-10-11-17-45-31(22)20-38(6)34(42)35-27-13-8-7-9-14-27/h15-16,18,22-24,27,31,37,40H,7-14,17,19-21H2,1-6H3,(H,35,42)/t22-,23+,24-,31-/m0/s1. The lowest BCUT2D eigenvalue weighted by atomic mass is 9.96. The second kappa shape index (κ2) is 16.8. The van der Waals surface area contributed by atoms with Gasteiger partial charge in [0, 0.05) is 44.4 Å². The van der Waals surface area contributed by atoms with Crippen molar-refractivity contribution >= 4 is 27.6 Å².